The van der Waals surface area contributed by atoms with Gasteiger partial charge in [0.25, 0.3) is 0 Å². The maximum atomic E-state index is 13.1. The molecule has 0 heterocycles. The third kappa shape index (κ3) is 35.9. The van der Waals surface area contributed by atoms with E-state index in [9.17, 15) is 19.8 Å². The summed E-state index contributed by atoms with van der Waals surface area (Å²) in [6, 6.07) is -0.689. The van der Waals surface area contributed by atoms with Crippen LogP contribution in [0, 0.1) is 0 Å². The minimum absolute atomic E-state index is 0.0863. The van der Waals surface area contributed by atoms with Crippen LogP contribution in [0.25, 0.3) is 0 Å². The van der Waals surface area contributed by atoms with E-state index in [0.29, 0.717) is 19.3 Å². The van der Waals surface area contributed by atoms with E-state index in [1.165, 1.54) is 173 Å². The van der Waals surface area contributed by atoms with Crippen LogP contribution in [0.15, 0.2) is 0 Å². The van der Waals surface area contributed by atoms with Crippen molar-refractivity contribution in [2.24, 2.45) is 0 Å². The molecular weight excluding hydrogens is 647 g/mol. The third-order valence-electron chi connectivity index (χ3n) is 10.9. The van der Waals surface area contributed by atoms with Crippen LogP contribution in [0.5, 0.6) is 0 Å². The first-order valence-corrected chi connectivity index (χ1v) is 23.3. The lowest BCUT2D eigenvalue weighted by atomic mass is 10.0. The van der Waals surface area contributed by atoms with Crippen molar-refractivity contribution in [3.05, 3.63) is 0 Å². The number of carbonyl (C=O) groups is 2. The number of carbonyl (C=O) groups excluding carboxylic acids is 2. The van der Waals surface area contributed by atoms with Gasteiger partial charge >= 0.3 is 5.97 Å². The van der Waals surface area contributed by atoms with Gasteiger partial charge in [0.15, 0.2) is 0 Å². The lowest BCUT2D eigenvalue weighted by Crippen LogP contribution is -2.46. The second kappa shape index (κ2) is 41.0. The van der Waals surface area contributed by atoms with Crippen LogP contribution in [0.2, 0.25) is 0 Å². The van der Waals surface area contributed by atoms with Gasteiger partial charge in [-0.15, -0.1) is 0 Å². The number of aliphatic hydroxyl groups excluding tert-OH is 2. The predicted octanol–water partition coefficient (Wildman–Crippen LogP) is 13.2. The van der Waals surface area contributed by atoms with E-state index in [2.05, 4.69) is 26.1 Å². The monoisotopic (exact) mass is 738 g/mol. The molecule has 52 heavy (non-hydrogen) atoms. The Morgan fingerprint density at radius 1 is 0.481 bits per heavy atom. The molecule has 0 radical (unpaired) electrons. The molecule has 0 aromatic carbocycles. The van der Waals surface area contributed by atoms with Gasteiger partial charge in [-0.2, -0.15) is 0 Å². The number of amides is 1. The Bertz CT molecular complexity index is 746. The summed E-state index contributed by atoms with van der Waals surface area (Å²) in [5.74, 6) is -0.459. The van der Waals surface area contributed by atoms with Crippen LogP contribution in [-0.4, -0.2) is 46.9 Å². The van der Waals surface area contributed by atoms with E-state index in [1.807, 2.05) is 0 Å². The summed E-state index contributed by atoms with van der Waals surface area (Å²) in [5.41, 5.74) is 0. The molecule has 0 aliphatic rings. The molecule has 1 amide bonds. The van der Waals surface area contributed by atoms with Gasteiger partial charge in [0.05, 0.1) is 25.2 Å². The van der Waals surface area contributed by atoms with E-state index < -0.39 is 18.2 Å². The molecule has 3 atom stereocenters. The highest BCUT2D eigenvalue weighted by Crippen LogP contribution is 2.18. The van der Waals surface area contributed by atoms with E-state index in [-0.39, 0.29) is 24.9 Å². The molecule has 0 spiro atoms. The van der Waals surface area contributed by atoms with Crippen molar-refractivity contribution in [3.8, 4) is 0 Å². The van der Waals surface area contributed by atoms with E-state index >= 15 is 0 Å². The van der Waals surface area contributed by atoms with Crippen molar-refractivity contribution in [3.63, 3.8) is 0 Å². The van der Waals surface area contributed by atoms with Crippen LogP contribution >= 0.6 is 0 Å². The zero-order valence-electron chi connectivity index (χ0n) is 35.2. The molecule has 0 aliphatic heterocycles. The number of esters is 1. The van der Waals surface area contributed by atoms with Crippen molar-refractivity contribution in [1.82, 2.24) is 5.32 Å². The molecule has 0 aromatic heterocycles. The Balaban J connectivity index is 4.47. The van der Waals surface area contributed by atoms with Gasteiger partial charge in [0, 0.05) is 6.42 Å². The van der Waals surface area contributed by atoms with Gasteiger partial charge in [-0.25, -0.2) is 0 Å². The minimum atomic E-state index is -0.776. The highest BCUT2D eigenvalue weighted by molar-refractivity contribution is 5.77. The van der Waals surface area contributed by atoms with E-state index in [0.717, 1.165) is 38.5 Å². The number of ether oxygens (including phenoxy) is 1. The summed E-state index contributed by atoms with van der Waals surface area (Å²) in [6.07, 6.45) is 41.6. The smallest absolute Gasteiger partial charge is 0.306 e. The molecule has 0 aromatic rings. The van der Waals surface area contributed by atoms with Crippen molar-refractivity contribution in [1.29, 1.82) is 0 Å². The fourth-order valence-electron chi connectivity index (χ4n) is 7.37. The molecule has 0 aliphatic carbocycles. The second-order valence-electron chi connectivity index (χ2n) is 16.2. The second-order valence-corrected chi connectivity index (χ2v) is 16.2. The summed E-state index contributed by atoms with van der Waals surface area (Å²) in [4.78, 5) is 25.9. The summed E-state index contributed by atoms with van der Waals surface area (Å²) in [6.45, 7) is 6.46. The SMILES string of the molecule is CCCCCCCCCCCCCCCCC(=O)OC(CCCCCCCCCCC)CC(=O)NC(CO)C(O)CCCCCCCCCCCC. The molecule has 0 saturated heterocycles. The van der Waals surface area contributed by atoms with Crippen LogP contribution in [0.4, 0.5) is 0 Å². The van der Waals surface area contributed by atoms with Crippen LogP contribution in [-0.2, 0) is 14.3 Å². The Hall–Kier alpha value is -1.14. The van der Waals surface area contributed by atoms with Crippen molar-refractivity contribution >= 4 is 11.9 Å². The molecule has 0 bridgehead atoms. The molecule has 3 N–H and O–H groups in total. The lowest BCUT2D eigenvalue weighted by molar-refractivity contribution is -0.151. The quantitative estimate of drug-likeness (QED) is 0.0428. The zero-order chi connectivity index (χ0) is 38.2. The summed E-state index contributed by atoms with van der Waals surface area (Å²) >= 11 is 0. The van der Waals surface area contributed by atoms with Crippen molar-refractivity contribution < 1.29 is 24.5 Å². The summed E-state index contributed by atoms with van der Waals surface area (Å²) < 4.78 is 5.90. The van der Waals surface area contributed by atoms with Gasteiger partial charge < -0.3 is 20.3 Å². The normalized spacial score (nSPS) is 13.2. The molecular formula is C46H91NO5. The molecule has 0 saturated carbocycles. The average molecular weight is 738 g/mol. The highest BCUT2D eigenvalue weighted by Gasteiger charge is 2.24. The highest BCUT2D eigenvalue weighted by atomic mass is 16.5. The van der Waals surface area contributed by atoms with Gasteiger partial charge in [-0.3, -0.25) is 9.59 Å². The predicted molar refractivity (Wildman–Crippen MR) is 223 cm³/mol. The standard InChI is InChI=1S/C46H91NO5/c1-4-7-10-13-16-19-21-22-23-24-27-30-33-36-39-46(51)52-42(37-34-31-28-25-18-15-12-9-6-3)40-45(50)47-43(41-48)44(49)38-35-32-29-26-20-17-14-11-8-5-2/h42-44,48-49H,4-41H2,1-3H3,(H,47,50). The molecule has 3 unspecified atom stereocenters. The Morgan fingerprint density at radius 3 is 1.17 bits per heavy atom. The number of hydrogen-bond acceptors (Lipinski definition) is 5. The van der Waals surface area contributed by atoms with Crippen molar-refractivity contribution in [2.45, 2.75) is 277 Å². The molecule has 310 valence electrons. The number of nitrogens with one attached hydrogen (secondary N) is 1. The fourth-order valence-corrected chi connectivity index (χ4v) is 7.37. The maximum Gasteiger partial charge on any atom is 0.306 e. The van der Waals surface area contributed by atoms with E-state index in [4.69, 9.17) is 4.74 Å². The number of rotatable bonds is 42. The maximum absolute atomic E-state index is 13.1. The number of aliphatic hydroxyl groups is 2. The summed E-state index contributed by atoms with van der Waals surface area (Å²) in [5, 5.41) is 23.6. The topological polar surface area (TPSA) is 95.9 Å². The Labute approximate surface area is 324 Å². The Morgan fingerprint density at radius 2 is 0.808 bits per heavy atom. The Kier molecular flexibility index (Phi) is 40.1. The number of unbranched alkanes of at least 4 members (excludes halogenated alkanes) is 30. The molecule has 6 nitrogen and oxygen atoms in total. The number of hydrogen-bond donors (Lipinski definition) is 3. The van der Waals surface area contributed by atoms with Gasteiger partial charge in [-0.1, -0.05) is 220 Å². The van der Waals surface area contributed by atoms with Gasteiger partial charge in [0.2, 0.25) is 5.91 Å². The van der Waals surface area contributed by atoms with Crippen LogP contribution < -0.4 is 5.32 Å². The average Bonchev–Trinajstić information content (AvgIpc) is 3.13. The lowest BCUT2D eigenvalue weighted by Gasteiger charge is -2.24. The zero-order valence-corrected chi connectivity index (χ0v) is 35.2. The first-order valence-electron chi connectivity index (χ1n) is 23.3. The summed E-state index contributed by atoms with van der Waals surface area (Å²) in [7, 11) is 0. The van der Waals surface area contributed by atoms with Crippen LogP contribution in [0.3, 0.4) is 0 Å². The van der Waals surface area contributed by atoms with E-state index in [1.54, 1.807) is 0 Å². The minimum Gasteiger partial charge on any atom is -0.462 e. The fraction of sp³-hybridized carbons (Fsp3) is 0.957. The first kappa shape index (κ1) is 50.9. The van der Waals surface area contributed by atoms with Crippen LogP contribution in [0.1, 0.15) is 258 Å². The first-order chi connectivity index (χ1) is 25.5. The largest absolute Gasteiger partial charge is 0.462 e. The van der Waals surface area contributed by atoms with Gasteiger partial charge in [0.1, 0.15) is 6.10 Å². The molecule has 0 rings (SSSR count). The van der Waals surface area contributed by atoms with Crippen molar-refractivity contribution in [2.75, 3.05) is 6.61 Å². The third-order valence-corrected chi connectivity index (χ3v) is 10.9. The molecule has 0 fully saturated rings. The molecule has 6 heteroatoms. The van der Waals surface area contributed by atoms with Gasteiger partial charge in [-0.05, 0) is 25.7 Å².